The number of hydrogen-bond acceptors (Lipinski definition) is 2. The van der Waals surface area contributed by atoms with Crippen LogP contribution in [0.1, 0.15) is 38.7 Å². The van der Waals surface area contributed by atoms with Crippen LogP contribution in [0, 0.1) is 11.3 Å². The van der Waals surface area contributed by atoms with E-state index in [9.17, 15) is 4.79 Å². The highest BCUT2D eigenvalue weighted by Crippen LogP contribution is 2.47. The van der Waals surface area contributed by atoms with Crippen molar-refractivity contribution in [2.75, 3.05) is 0 Å². The minimum atomic E-state index is 0.0152. The molecule has 1 aliphatic heterocycles. The number of ketones is 1. The van der Waals surface area contributed by atoms with Gasteiger partial charge in [-0.05, 0) is 16.6 Å². The summed E-state index contributed by atoms with van der Waals surface area (Å²) in [7, 11) is 0. The Morgan fingerprint density at radius 1 is 1.13 bits per heavy atom. The van der Waals surface area contributed by atoms with Crippen molar-refractivity contribution in [2.45, 2.75) is 39.2 Å². The average molecular weight is 306 g/mol. The van der Waals surface area contributed by atoms with Gasteiger partial charge in [-0.15, -0.1) is 0 Å². The maximum atomic E-state index is 12.6. The fraction of sp³-hybridized carbons (Fsp3) is 0.381. The quantitative estimate of drug-likeness (QED) is 0.752. The lowest BCUT2D eigenvalue weighted by molar-refractivity contribution is -0.118. The Labute approximate surface area is 137 Å². The number of carbonyl (C=O) groups is 1. The molecule has 2 heteroatoms. The van der Waals surface area contributed by atoms with Crippen molar-refractivity contribution in [3.05, 3.63) is 65.5 Å². The van der Waals surface area contributed by atoms with Gasteiger partial charge in [0.2, 0.25) is 0 Å². The molecule has 2 aliphatic carbocycles. The monoisotopic (exact) mass is 306 g/mol. The minimum absolute atomic E-state index is 0.0152. The van der Waals surface area contributed by atoms with E-state index in [2.05, 4.69) is 56.3 Å². The van der Waals surface area contributed by atoms with Crippen molar-refractivity contribution in [1.29, 1.82) is 0 Å². The van der Waals surface area contributed by atoms with E-state index in [1.165, 1.54) is 11.1 Å². The molecule has 0 saturated carbocycles. The maximum Gasteiger partial charge on any atom is 0.163 e. The summed E-state index contributed by atoms with van der Waals surface area (Å²) in [6.07, 6.45) is 8.82. The smallest absolute Gasteiger partial charge is 0.163 e. The predicted molar refractivity (Wildman–Crippen MR) is 91.6 cm³/mol. The third kappa shape index (κ3) is 2.56. The third-order valence-corrected chi connectivity index (χ3v) is 5.09. The van der Waals surface area contributed by atoms with E-state index in [4.69, 9.17) is 4.74 Å². The van der Waals surface area contributed by atoms with Crippen molar-refractivity contribution < 1.29 is 9.53 Å². The van der Waals surface area contributed by atoms with Crippen LogP contribution >= 0.6 is 0 Å². The highest BCUT2D eigenvalue weighted by molar-refractivity contribution is 5.98. The fourth-order valence-electron chi connectivity index (χ4n) is 4.03. The number of carbonyl (C=O) groups excluding carboxylic acids is 1. The number of Topliss-reactive ketones (excluding diaryl/α,β-unsaturated/α-hetero) is 1. The number of ether oxygens (including phenoxy) is 1. The predicted octanol–water partition coefficient (Wildman–Crippen LogP) is 4.69. The van der Waals surface area contributed by atoms with Crippen molar-refractivity contribution >= 4 is 11.4 Å². The van der Waals surface area contributed by atoms with Crippen LogP contribution in [0.5, 0.6) is 0 Å². The van der Waals surface area contributed by atoms with Crippen LogP contribution in [-0.2, 0) is 9.53 Å². The molecule has 23 heavy (non-hydrogen) atoms. The minimum Gasteiger partial charge on any atom is -0.493 e. The maximum absolute atomic E-state index is 12.6. The third-order valence-electron chi connectivity index (χ3n) is 5.09. The van der Waals surface area contributed by atoms with Gasteiger partial charge in [-0.1, -0.05) is 62.4 Å². The van der Waals surface area contributed by atoms with Gasteiger partial charge in [0, 0.05) is 30.8 Å². The molecule has 1 aromatic carbocycles. The number of rotatable bonds is 1. The van der Waals surface area contributed by atoms with Gasteiger partial charge in [0.25, 0.3) is 0 Å². The summed E-state index contributed by atoms with van der Waals surface area (Å²) in [5.74, 6) is 1.34. The van der Waals surface area contributed by atoms with Crippen LogP contribution in [0.4, 0.5) is 0 Å². The Kier molecular flexibility index (Phi) is 3.29. The zero-order chi connectivity index (χ0) is 16.0. The van der Waals surface area contributed by atoms with Crippen molar-refractivity contribution in [2.24, 2.45) is 11.3 Å². The van der Waals surface area contributed by atoms with Gasteiger partial charge in [0.05, 0.1) is 0 Å². The van der Waals surface area contributed by atoms with Gasteiger partial charge in [-0.3, -0.25) is 4.79 Å². The molecule has 1 heterocycles. The molecular weight excluding hydrogens is 284 g/mol. The first-order valence-electron chi connectivity index (χ1n) is 8.39. The second-order valence-corrected chi connectivity index (χ2v) is 7.61. The standard InChI is InChI=1S/C21H22O2/c1-21(2)12-17(22)20-16-10-6-9-15(14-7-4-3-5-8-14)11-18(16)23-19(20)13-21/h3-10,16,18H,11-13H2,1-2H3/t16-,18+/m0/s1. The number of benzene rings is 1. The Hall–Kier alpha value is -2.09. The van der Waals surface area contributed by atoms with Crippen LogP contribution in [0.3, 0.4) is 0 Å². The van der Waals surface area contributed by atoms with Crippen LogP contribution in [0.2, 0.25) is 0 Å². The fourth-order valence-corrected chi connectivity index (χ4v) is 4.03. The Morgan fingerprint density at radius 2 is 1.91 bits per heavy atom. The molecule has 0 amide bonds. The second kappa shape index (κ2) is 5.23. The highest BCUT2D eigenvalue weighted by Gasteiger charge is 2.45. The van der Waals surface area contributed by atoms with Crippen LogP contribution in [0.25, 0.3) is 5.57 Å². The molecule has 1 aromatic rings. The molecule has 0 radical (unpaired) electrons. The summed E-state index contributed by atoms with van der Waals surface area (Å²) >= 11 is 0. The summed E-state index contributed by atoms with van der Waals surface area (Å²) < 4.78 is 6.27. The van der Waals surface area contributed by atoms with Crippen LogP contribution < -0.4 is 0 Å². The topological polar surface area (TPSA) is 26.3 Å². The molecule has 0 aromatic heterocycles. The first kappa shape index (κ1) is 14.5. The molecule has 3 aliphatic rings. The van der Waals surface area contributed by atoms with Gasteiger partial charge >= 0.3 is 0 Å². The Balaban J connectivity index is 1.63. The van der Waals surface area contributed by atoms with Gasteiger partial charge in [0.1, 0.15) is 11.9 Å². The van der Waals surface area contributed by atoms with E-state index in [-0.39, 0.29) is 23.2 Å². The molecule has 0 spiro atoms. The van der Waals surface area contributed by atoms with E-state index in [0.29, 0.717) is 6.42 Å². The van der Waals surface area contributed by atoms with Crippen LogP contribution in [0.15, 0.2) is 59.9 Å². The molecule has 2 atom stereocenters. The normalized spacial score (nSPS) is 28.6. The Morgan fingerprint density at radius 3 is 2.70 bits per heavy atom. The number of fused-ring (bicyclic) bond motifs is 2. The highest BCUT2D eigenvalue weighted by atomic mass is 16.5. The molecule has 2 nitrogen and oxygen atoms in total. The zero-order valence-corrected chi connectivity index (χ0v) is 13.7. The Bertz CT molecular complexity index is 734. The molecule has 0 unspecified atom stereocenters. The van der Waals surface area contributed by atoms with E-state index in [0.717, 1.165) is 24.2 Å². The number of hydrogen-bond donors (Lipinski definition) is 0. The molecule has 4 rings (SSSR count). The van der Waals surface area contributed by atoms with E-state index in [1.54, 1.807) is 0 Å². The largest absolute Gasteiger partial charge is 0.493 e. The molecular formula is C21H22O2. The number of allylic oxidation sites excluding steroid dienone is 3. The lowest BCUT2D eigenvalue weighted by Gasteiger charge is -2.29. The molecule has 118 valence electrons. The lowest BCUT2D eigenvalue weighted by Crippen LogP contribution is -2.26. The SMILES string of the molecule is CC1(C)CC(=O)C2=C(C1)O[C@@H]1CC(c3ccccc3)=CC=C[C@H]21. The van der Waals surface area contributed by atoms with Crippen molar-refractivity contribution in [3.8, 4) is 0 Å². The summed E-state index contributed by atoms with van der Waals surface area (Å²) in [5, 5.41) is 0. The first-order chi connectivity index (χ1) is 11.0. The van der Waals surface area contributed by atoms with Crippen molar-refractivity contribution in [1.82, 2.24) is 0 Å². The summed E-state index contributed by atoms with van der Waals surface area (Å²) in [6.45, 7) is 4.30. The lowest BCUT2D eigenvalue weighted by atomic mass is 9.74. The average Bonchev–Trinajstić information content (AvgIpc) is 2.70. The van der Waals surface area contributed by atoms with Crippen molar-refractivity contribution in [3.63, 3.8) is 0 Å². The molecule has 0 N–H and O–H groups in total. The van der Waals surface area contributed by atoms with E-state index < -0.39 is 0 Å². The summed E-state index contributed by atoms with van der Waals surface area (Å²) in [4.78, 5) is 12.6. The van der Waals surface area contributed by atoms with Gasteiger partial charge in [0.15, 0.2) is 5.78 Å². The first-order valence-corrected chi connectivity index (χ1v) is 8.39. The second-order valence-electron chi connectivity index (χ2n) is 7.61. The van der Waals surface area contributed by atoms with Crippen LogP contribution in [-0.4, -0.2) is 11.9 Å². The summed E-state index contributed by atoms with van der Waals surface area (Å²) in [6, 6.07) is 10.4. The molecule has 0 bridgehead atoms. The summed E-state index contributed by atoms with van der Waals surface area (Å²) in [5.41, 5.74) is 3.47. The van der Waals surface area contributed by atoms with Gasteiger partial charge in [-0.25, -0.2) is 0 Å². The van der Waals surface area contributed by atoms with E-state index in [1.807, 2.05) is 6.07 Å². The molecule has 0 fully saturated rings. The van der Waals surface area contributed by atoms with Gasteiger partial charge < -0.3 is 4.74 Å². The zero-order valence-electron chi connectivity index (χ0n) is 13.7. The van der Waals surface area contributed by atoms with E-state index >= 15 is 0 Å². The van der Waals surface area contributed by atoms with Gasteiger partial charge in [-0.2, -0.15) is 0 Å². The molecule has 0 saturated heterocycles.